The highest BCUT2D eigenvalue weighted by Gasteiger charge is 2.24. The molecule has 0 bridgehead atoms. The molecule has 2 aromatic carbocycles. The zero-order valence-electron chi connectivity index (χ0n) is 14.6. The van der Waals surface area contributed by atoms with E-state index in [0.717, 1.165) is 12.2 Å². The normalized spacial score (nSPS) is 13.8. The minimum Gasteiger partial charge on any atom is -0.492 e. The Morgan fingerprint density at radius 3 is 2.69 bits per heavy atom. The summed E-state index contributed by atoms with van der Waals surface area (Å²) < 4.78 is 5.60. The number of ether oxygens (including phenoxy) is 1. The summed E-state index contributed by atoms with van der Waals surface area (Å²) in [5.41, 5.74) is 2.23. The van der Waals surface area contributed by atoms with Crippen LogP contribution in [0.2, 0.25) is 5.02 Å². The summed E-state index contributed by atoms with van der Waals surface area (Å²) in [5, 5.41) is 3.29. The fourth-order valence-electron chi connectivity index (χ4n) is 2.83. The minimum atomic E-state index is -0.220. The third-order valence-electron chi connectivity index (χ3n) is 4.25. The first-order valence-corrected chi connectivity index (χ1v) is 9.00. The monoisotopic (exact) mass is 372 g/mol. The summed E-state index contributed by atoms with van der Waals surface area (Å²) >= 11 is 6.21. The second kappa shape index (κ2) is 8.23. The van der Waals surface area contributed by atoms with Gasteiger partial charge in [0.1, 0.15) is 12.4 Å². The van der Waals surface area contributed by atoms with E-state index in [1.165, 1.54) is 5.56 Å². The molecule has 0 spiro atoms. The van der Waals surface area contributed by atoms with Crippen LogP contribution in [0.3, 0.4) is 0 Å². The van der Waals surface area contributed by atoms with Crippen molar-refractivity contribution in [2.45, 2.75) is 19.8 Å². The van der Waals surface area contributed by atoms with E-state index in [4.69, 9.17) is 16.3 Å². The number of nitrogens with zero attached hydrogens (tertiary/aromatic N) is 1. The van der Waals surface area contributed by atoms with Gasteiger partial charge in [-0.25, -0.2) is 0 Å². The van der Waals surface area contributed by atoms with Crippen LogP contribution < -0.4 is 15.0 Å². The van der Waals surface area contributed by atoms with Crippen LogP contribution in [0.1, 0.15) is 28.8 Å². The predicted molar refractivity (Wildman–Crippen MR) is 102 cm³/mol. The van der Waals surface area contributed by atoms with Gasteiger partial charge in [0, 0.05) is 18.5 Å². The first-order chi connectivity index (χ1) is 12.5. The summed E-state index contributed by atoms with van der Waals surface area (Å²) in [6, 6.07) is 12.7. The second-order valence-electron chi connectivity index (χ2n) is 6.23. The van der Waals surface area contributed by atoms with E-state index in [2.05, 4.69) is 5.32 Å². The molecule has 3 rings (SSSR count). The standard InChI is InChI=1S/C20H21ClN2O3/c1-14-4-7-16(8-5-14)26-12-10-22-20(25)15-6-9-17(21)18(13-15)23-11-2-3-19(23)24/h4-9,13H,2-3,10-12H2,1H3,(H,22,25). The lowest BCUT2D eigenvalue weighted by atomic mass is 10.1. The first-order valence-electron chi connectivity index (χ1n) is 8.62. The fraction of sp³-hybridized carbons (Fsp3) is 0.300. The maximum atomic E-state index is 12.3. The molecule has 5 nitrogen and oxygen atoms in total. The number of hydrogen-bond acceptors (Lipinski definition) is 3. The number of carbonyl (C=O) groups is 2. The van der Waals surface area contributed by atoms with Gasteiger partial charge in [0.2, 0.25) is 5.91 Å². The maximum Gasteiger partial charge on any atom is 0.251 e. The number of hydrogen-bond donors (Lipinski definition) is 1. The van der Waals surface area contributed by atoms with E-state index in [0.29, 0.717) is 42.4 Å². The molecule has 136 valence electrons. The van der Waals surface area contributed by atoms with Crippen LogP contribution in [-0.2, 0) is 4.79 Å². The molecule has 1 fully saturated rings. The van der Waals surface area contributed by atoms with E-state index >= 15 is 0 Å². The van der Waals surface area contributed by atoms with E-state index in [1.807, 2.05) is 31.2 Å². The van der Waals surface area contributed by atoms with E-state index in [9.17, 15) is 9.59 Å². The Balaban J connectivity index is 1.56. The largest absolute Gasteiger partial charge is 0.492 e. The molecule has 0 saturated carbocycles. The second-order valence-corrected chi connectivity index (χ2v) is 6.64. The Morgan fingerprint density at radius 1 is 1.23 bits per heavy atom. The summed E-state index contributed by atoms with van der Waals surface area (Å²) in [5.74, 6) is 0.587. The lowest BCUT2D eigenvalue weighted by Gasteiger charge is -2.18. The highest BCUT2D eigenvalue weighted by Crippen LogP contribution is 2.30. The van der Waals surface area contributed by atoms with Gasteiger partial charge in [-0.15, -0.1) is 0 Å². The molecule has 1 aliphatic rings. The number of benzene rings is 2. The molecule has 2 aromatic rings. The van der Waals surface area contributed by atoms with Crippen molar-refractivity contribution in [1.29, 1.82) is 0 Å². The Labute approximate surface area is 157 Å². The molecule has 1 N–H and O–H groups in total. The summed E-state index contributed by atoms with van der Waals surface area (Å²) in [7, 11) is 0. The van der Waals surface area contributed by atoms with Gasteiger partial charge in [-0.1, -0.05) is 29.3 Å². The Kier molecular flexibility index (Phi) is 5.78. The zero-order valence-corrected chi connectivity index (χ0v) is 15.4. The molecule has 0 aromatic heterocycles. The maximum absolute atomic E-state index is 12.3. The van der Waals surface area contributed by atoms with Gasteiger partial charge in [-0.3, -0.25) is 9.59 Å². The van der Waals surface area contributed by atoms with Crippen LogP contribution in [0.4, 0.5) is 5.69 Å². The van der Waals surface area contributed by atoms with Crippen LogP contribution in [0.25, 0.3) is 0 Å². The number of carbonyl (C=O) groups excluding carboxylic acids is 2. The lowest BCUT2D eigenvalue weighted by Crippen LogP contribution is -2.29. The number of nitrogens with one attached hydrogen (secondary N) is 1. The first kappa shape index (κ1) is 18.3. The predicted octanol–water partition coefficient (Wildman–Crippen LogP) is 3.58. The van der Waals surface area contributed by atoms with Gasteiger partial charge in [0.15, 0.2) is 0 Å². The zero-order chi connectivity index (χ0) is 18.5. The molecule has 0 radical (unpaired) electrons. The summed E-state index contributed by atoms with van der Waals surface area (Å²) in [4.78, 5) is 25.9. The SMILES string of the molecule is Cc1ccc(OCCNC(=O)c2ccc(Cl)c(N3CCCC3=O)c2)cc1. The van der Waals surface area contributed by atoms with E-state index < -0.39 is 0 Å². The van der Waals surface area contributed by atoms with Crippen molar-refractivity contribution >= 4 is 29.1 Å². The van der Waals surface area contributed by atoms with Crippen molar-refractivity contribution in [3.8, 4) is 5.75 Å². The summed E-state index contributed by atoms with van der Waals surface area (Å²) in [6.45, 7) is 3.40. The van der Waals surface area contributed by atoms with E-state index in [-0.39, 0.29) is 11.8 Å². The highest BCUT2D eigenvalue weighted by molar-refractivity contribution is 6.34. The van der Waals surface area contributed by atoms with Gasteiger partial charge in [-0.05, 0) is 43.7 Å². The van der Waals surface area contributed by atoms with Crippen LogP contribution in [-0.4, -0.2) is 31.5 Å². The van der Waals surface area contributed by atoms with Crippen LogP contribution in [0.5, 0.6) is 5.75 Å². The minimum absolute atomic E-state index is 0.0379. The molecular weight excluding hydrogens is 352 g/mol. The summed E-state index contributed by atoms with van der Waals surface area (Å²) in [6.07, 6.45) is 1.32. The van der Waals surface area contributed by atoms with Crippen molar-refractivity contribution in [1.82, 2.24) is 5.32 Å². The number of anilines is 1. The van der Waals surface area contributed by atoms with Crippen molar-refractivity contribution in [2.75, 3.05) is 24.6 Å². The number of amides is 2. The highest BCUT2D eigenvalue weighted by atomic mass is 35.5. The molecule has 1 aliphatic heterocycles. The third kappa shape index (κ3) is 4.35. The van der Waals surface area contributed by atoms with Crippen molar-refractivity contribution in [2.24, 2.45) is 0 Å². The van der Waals surface area contributed by atoms with Crippen LogP contribution >= 0.6 is 11.6 Å². The number of halogens is 1. The van der Waals surface area contributed by atoms with Gasteiger partial charge >= 0.3 is 0 Å². The quantitative estimate of drug-likeness (QED) is 0.788. The molecule has 1 heterocycles. The van der Waals surface area contributed by atoms with Crippen molar-refractivity contribution < 1.29 is 14.3 Å². The number of aryl methyl sites for hydroxylation is 1. The lowest BCUT2D eigenvalue weighted by molar-refractivity contribution is -0.117. The smallest absolute Gasteiger partial charge is 0.251 e. The molecule has 0 unspecified atom stereocenters. The molecule has 1 saturated heterocycles. The third-order valence-corrected chi connectivity index (χ3v) is 4.57. The van der Waals surface area contributed by atoms with E-state index in [1.54, 1.807) is 23.1 Å². The van der Waals surface area contributed by atoms with Crippen molar-refractivity contribution in [3.63, 3.8) is 0 Å². The van der Waals surface area contributed by atoms with Gasteiger partial charge in [-0.2, -0.15) is 0 Å². The molecule has 26 heavy (non-hydrogen) atoms. The Bertz CT molecular complexity index is 805. The van der Waals surface area contributed by atoms with Gasteiger partial charge in [0.25, 0.3) is 5.91 Å². The van der Waals surface area contributed by atoms with Crippen LogP contribution in [0, 0.1) is 6.92 Å². The molecule has 0 aliphatic carbocycles. The average Bonchev–Trinajstić information content (AvgIpc) is 3.06. The van der Waals surface area contributed by atoms with Gasteiger partial charge < -0.3 is 15.0 Å². The molecule has 0 atom stereocenters. The molecule has 6 heteroatoms. The fourth-order valence-corrected chi connectivity index (χ4v) is 3.05. The Hall–Kier alpha value is -2.53. The number of rotatable bonds is 6. The average molecular weight is 373 g/mol. The molecule has 2 amide bonds. The molecular formula is C20H21ClN2O3. The van der Waals surface area contributed by atoms with Gasteiger partial charge in [0.05, 0.1) is 17.3 Å². The Morgan fingerprint density at radius 2 is 2.00 bits per heavy atom. The van der Waals surface area contributed by atoms with Crippen molar-refractivity contribution in [3.05, 3.63) is 58.6 Å². The van der Waals surface area contributed by atoms with Crippen LogP contribution in [0.15, 0.2) is 42.5 Å². The topological polar surface area (TPSA) is 58.6 Å².